The molecule has 0 heterocycles. The van der Waals surface area contributed by atoms with Gasteiger partial charge in [0, 0.05) is 19.1 Å². The molecule has 0 spiro atoms. The van der Waals surface area contributed by atoms with Crippen LogP contribution in [-0.2, 0) is 20.7 Å². The number of ether oxygens (including phenoxy) is 4. The largest absolute Gasteiger partial charge is 0.493 e. The van der Waals surface area contributed by atoms with Gasteiger partial charge in [0.1, 0.15) is 18.2 Å². The highest BCUT2D eigenvalue weighted by Crippen LogP contribution is 2.32. The molecule has 0 radical (unpaired) electrons. The Kier molecular flexibility index (Phi) is 8.18. The van der Waals surface area contributed by atoms with Gasteiger partial charge in [-0.1, -0.05) is 12.1 Å². The fourth-order valence-corrected chi connectivity index (χ4v) is 2.14. The van der Waals surface area contributed by atoms with E-state index in [1.54, 1.807) is 46.1 Å². The van der Waals surface area contributed by atoms with Gasteiger partial charge >= 0.3 is 12.1 Å². The molecule has 146 valence electrons. The van der Waals surface area contributed by atoms with Crippen molar-refractivity contribution in [2.45, 2.75) is 38.8 Å². The van der Waals surface area contributed by atoms with Crippen LogP contribution in [0.5, 0.6) is 11.5 Å². The van der Waals surface area contributed by atoms with E-state index < -0.39 is 23.7 Å². The summed E-state index contributed by atoms with van der Waals surface area (Å²) in [6.07, 6.45) is -0.789. The van der Waals surface area contributed by atoms with Crippen LogP contribution in [0, 0.1) is 0 Å². The Morgan fingerprint density at radius 2 is 1.88 bits per heavy atom. The number of hydrogen-bond donors (Lipinski definition) is 2. The lowest BCUT2D eigenvalue weighted by Crippen LogP contribution is -2.44. The number of benzene rings is 1. The normalized spacial score (nSPS) is 12.2. The van der Waals surface area contributed by atoms with Gasteiger partial charge in [0.05, 0.1) is 13.7 Å². The van der Waals surface area contributed by atoms with Crippen molar-refractivity contribution in [3.05, 3.63) is 23.8 Å². The van der Waals surface area contributed by atoms with Crippen LogP contribution >= 0.6 is 0 Å². The number of para-hydroxylation sites is 1. The SMILES string of the molecule is COCCOc1c(CC(NC(=O)OC(C)(C)C)C(=O)O)cccc1OC. The molecule has 0 bridgehead atoms. The molecule has 0 aliphatic heterocycles. The Morgan fingerprint density at radius 1 is 1.19 bits per heavy atom. The standard InChI is InChI=1S/C18H27NO7/c1-18(2,3)26-17(22)19-13(16(20)21)11-12-7-6-8-14(24-5)15(12)25-10-9-23-4/h6-8,13H,9-11H2,1-5H3,(H,19,22)(H,20,21). The number of carboxylic acids is 1. The van der Waals surface area contributed by atoms with Crippen molar-refractivity contribution in [3.8, 4) is 11.5 Å². The van der Waals surface area contributed by atoms with Gasteiger partial charge in [0.25, 0.3) is 0 Å². The zero-order chi connectivity index (χ0) is 19.7. The third kappa shape index (κ3) is 7.18. The van der Waals surface area contributed by atoms with Crippen LogP contribution in [0.15, 0.2) is 18.2 Å². The monoisotopic (exact) mass is 369 g/mol. The van der Waals surface area contributed by atoms with E-state index in [1.807, 2.05) is 0 Å². The van der Waals surface area contributed by atoms with Gasteiger partial charge in [-0.05, 0) is 26.8 Å². The number of hydrogen-bond acceptors (Lipinski definition) is 6. The number of amides is 1. The molecule has 2 N–H and O–H groups in total. The van der Waals surface area contributed by atoms with Crippen molar-refractivity contribution >= 4 is 12.1 Å². The fourth-order valence-electron chi connectivity index (χ4n) is 2.14. The molecule has 1 aromatic carbocycles. The number of carbonyl (C=O) groups is 2. The average molecular weight is 369 g/mol. The number of carbonyl (C=O) groups excluding carboxylic acids is 1. The van der Waals surface area contributed by atoms with E-state index in [0.717, 1.165) is 0 Å². The van der Waals surface area contributed by atoms with E-state index in [4.69, 9.17) is 18.9 Å². The van der Waals surface area contributed by atoms with Crippen LogP contribution in [0.1, 0.15) is 26.3 Å². The lowest BCUT2D eigenvalue weighted by Gasteiger charge is -2.22. The highest BCUT2D eigenvalue weighted by molar-refractivity contribution is 5.80. The molecular formula is C18H27NO7. The summed E-state index contributed by atoms with van der Waals surface area (Å²) in [5, 5.41) is 11.8. The summed E-state index contributed by atoms with van der Waals surface area (Å²) in [4.78, 5) is 23.5. The molecule has 1 unspecified atom stereocenters. The summed E-state index contributed by atoms with van der Waals surface area (Å²) in [6.45, 7) is 5.75. The van der Waals surface area contributed by atoms with Crippen molar-refractivity contribution in [1.29, 1.82) is 0 Å². The number of alkyl carbamates (subject to hydrolysis) is 1. The van der Waals surface area contributed by atoms with Gasteiger partial charge in [0.2, 0.25) is 0 Å². The van der Waals surface area contributed by atoms with Crippen LogP contribution in [0.25, 0.3) is 0 Å². The quantitative estimate of drug-likeness (QED) is 0.643. The topological polar surface area (TPSA) is 103 Å². The molecule has 0 aliphatic rings. The zero-order valence-corrected chi connectivity index (χ0v) is 15.8. The van der Waals surface area contributed by atoms with Gasteiger partial charge in [-0.2, -0.15) is 0 Å². The number of aliphatic carboxylic acids is 1. The molecule has 8 nitrogen and oxygen atoms in total. The second-order valence-electron chi connectivity index (χ2n) is 6.53. The van der Waals surface area contributed by atoms with Crippen molar-refractivity contribution in [2.75, 3.05) is 27.4 Å². The first kappa shape index (κ1) is 21.6. The predicted molar refractivity (Wildman–Crippen MR) is 94.9 cm³/mol. The molecule has 1 amide bonds. The molecule has 0 saturated carbocycles. The van der Waals surface area contributed by atoms with E-state index >= 15 is 0 Å². The maximum Gasteiger partial charge on any atom is 0.408 e. The second kappa shape index (κ2) is 9.86. The molecule has 0 aromatic heterocycles. The third-order valence-corrected chi connectivity index (χ3v) is 3.23. The van der Waals surface area contributed by atoms with Crippen LogP contribution in [0.2, 0.25) is 0 Å². The lowest BCUT2D eigenvalue weighted by atomic mass is 10.0. The van der Waals surface area contributed by atoms with Crippen molar-refractivity contribution in [2.24, 2.45) is 0 Å². The zero-order valence-electron chi connectivity index (χ0n) is 15.8. The third-order valence-electron chi connectivity index (χ3n) is 3.23. The Morgan fingerprint density at radius 3 is 2.42 bits per heavy atom. The van der Waals surface area contributed by atoms with Crippen molar-refractivity contribution < 1.29 is 33.6 Å². The summed E-state index contributed by atoms with van der Waals surface area (Å²) in [6, 6.07) is 3.98. The maximum atomic E-state index is 11.9. The molecule has 1 aromatic rings. The summed E-state index contributed by atoms with van der Waals surface area (Å²) in [5.41, 5.74) is -0.138. The first-order chi connectivity index (χ1) is 12.2. The average Bonchev–Trinajstić information content (AvgIpc) is 2.53. The minimum absolute atomic E-state index is 0.00803. The summed E-state index contributed by atoms with van der Waals surface area (Å²) < 4.78 is 21.0. The van der Waals surface area contributed by atoms with Crippen molar-refractivity contribution in [3.63, 3.8) is 0 Å². The number of methoxy groups -OCH3 is 2. The Hall–Kier alpha value is -2.48. The number of carboxylic acid groups (broad SMARTS) is 1. The first-order valence-corrected chi connectivity index (χ1v) is 8.18. The molecule has 1 rings (SSSR count). The minimum atomic E-state index is -1.18. The number of nitrogens with one attached hydrogen (secondary N) is 1. The van der Waals surface area contributed by atoms with E-state index in [9.17, 15) is 14.7 Å². The summed E-state index contributed by atoms with van der Waals surface area (Å²) in [5.74, 6) is -0.286. The lowest BCUT2D eigenvalue weighted by molar-refractivity contribution is -0.139. The molecule has 1 atom stereocenters. The van der Waals surface area contributed by atoms with Gasteiger partial charge in [0.15, 0.2) is 11.5 Å². The predicted octanol–water partition coefficient (Wildman–Crippen LogP) is 2.24. The maximum absolute atomic E-state index is 11.9. The molecule has 8 heteroatoms. The summed E-state index contributed by atoms with van der Waals surface area (Å²) >= 11 is 0. The van der Waals surface area contributed by atoms with E-state index in [1.165, 1.54) is 7.11 Å². The van der Waals surface area contributed by atoms with E-state index in [2.05, 4.69) is 5.32 Å². The van der Waals surface area contributed by atoms with Gasteiger partial charge in [-0.15, -0.1) is 0 Å². The minimum Gasteiger partial charge on any atom is -0.493 e. The van der Waals surface area contributed by atoms with E-state index in [-0.39, 0.29) is 13.0 Å². The highest BCUT2D eigenvalue weighted by atomic mass is 16.6. The number of rotatable bonds is 9. The van der Waals surface area contributed by atoms with Crippen molar-refractivity contribution in [1.82, 2.24) is 5.32 Å². The molecule has 0 saturated heterocycles. The Balaban J connectivity index is 2.97. The van der Waals surface area contributed by atoms with Gasteiger partial charge in [-0.25, -0.2) is 9.59 Å². The smallest absolute Gasteiger partial charge is 0.408 e. The Bertz CT molecular complexity index is 610. The molecule has 26 heavy (non-hydrogen) atoms. The molecular weight excluding hydrogens is 342 g/mol. The Labute approximate surface area is 153 Å². The van der Waals surface area contributed by atoms with Gasteiger partial charge < -0.3 is 29.4 Å². The second-order valence-corrected chi connectivity index (χ2v) is 6.53. The van der Waals surface area contributed by atoms with E-state index in [0.29, 0.717) is 23.7 Å². The van der Waals surface area contributed by atoms with Gasteiger partial charge in [-0.3, -0.25) is 0 Å². The fraction of sp³-hybridized carbons (Fsp3) is 0.556. The van der Waals surface area contributed by atoms with Crippen LogP contribution in [0.3, 0.4) is 0 Å². The van der Waals surface area contributed by atoms with Crippen LogP contribution in [0.4, 0.5) is 4.79 Å². The first-order valence-electron chi connectivity index (χ1n) is 8.18. The molecule has 0 aliphatic carbocycles. The highest BCUT2D eigenvalue weighted by Gasteiger charge is 2.26. The van der Waals surface area contributed by atoms with Crippen LogP contribution in [-0.4, -0.2) is 56.2 Å². The molecule has 0 fully saturated rings. The summed E-state index contributed by atoms with van der Waals surface area (Å²) in [7, 11) is 3.05. The van der Waals surface area contributed by atoms with Crippen LogP contribution < -0.4 is 14.8 Å².